The van der Waals surface area contributed by atoms with E-state index in [9.17, 15) is 5.11 Å². The predicted octanol–water partition coefficient (Wildman–Crippen LogP) is 3.42. The van der Waals surface area contributed by atoms with Gasteiger partial charge in [-0.2, -0.15) is 0 Å². The molecule has 0 atom stereocenters. The lowest BCUT2D eigenvalue weighted by molar-refractivity contribution is 0.301. The zero-order valence-electron chi connectivity index (χ0n) is 12.5. The maximum Gasteiger partial charge on any atom is 0.119 e. The van der Waals surface area contributed by atoms with Crippen LogP contribution in [0, 0.1) is 0 Å². The average molecular weight is 303 g/mol. The Kier molecular flexibility index (Phi) is 5.96. The minimum absolute atomic E-state index is 0.134. The van der Waals surface area contributed by atoms with Gasteiger partial charge in [0.1, 0.15) is 5.75 Å². The first-order valence-electron chi connectivity index (χ1n) is 6.89. The lowest BCUT2D eigenvalue weighted by atomic mass is 10.2. The van der Waals surface area contributed by atoms with Crippen LogP contribution in [0.15, 0.2) is 53.4 Å². The van der Waals surface area contributed by atoms with Crippen molar-refractivity contribution in [1.82, 2.24) is 0 Å². The van der Waals surface area contributed by atoms with Crippen molar-refractivity contribution < 1.29 is 9.84 Å². The second kappa shape index (κ2) is 7.96. The molecule has 2 aromatic rings. The van der Waals surface area contributed by atoms with Crippen molar-refractivity contribution in [1.29, 1.82) is 0 Å². The molecule has 1 N–H and O–H groups in total. The molecule has 4 heteroatoms. The molecule has 0 radical (unpaired) electrons. The van der Waals surface area contributed by atoms with Gasteiger partial charge in [-0.05, 0) is 48.2 Å². The first kappa shape index (κ1) is 15.7. The van der Waals surface area contributed by atoms with Gasteiger partial charge in [0.25, 0.3) is 0 Å². The average Bonchev–Trinajstić information content (AvgIpc) is 2.55. The molecule has 0 aromatic heterocycles. The number of aliphatic hydroxyl groups is 1. The van der Waals surface area contributed by atoms with E-state index in [1.165, 1.54) is 10.5 Å². The minimum atomic E-state index is 0.134. The summed E-state index contributed by atoms with van der Waals surface area (Å²) < 4.78 is 5.18. The third-order valence-corrected chi connectivity index (χ3v) is 4.08. The van der Waals surface area contributed by atoms with E-state index in [0.717, 1.165) is 18.0 Å². The van der Waals surface area contributed by atoms with Crippen LogP contribution in [0.2, 0.25) is 0 Å². The highest BCUT2D eigenvalue weighted by molar-refractivity contribution is 7.98. The van der Waals surface area contributed by atoms with Crippen LogP contribution in [0.4, 0.5) is 5.69 Å². The van der Waals surface area contributed by atoms with Crippen LogP contribution in [0.5, 0.6) is 5.75 Å². The number of aliphatic hydroxyl groups excluding tert-OH is 1. The van der Waals surface area contributed by atoms with Gasteiger partial charge in [-0.25, -0.2) is 0 Å². The molecular formula is C17H21NO2S. The Balaban J connectivity index is 2.13. The zero-order valence-corrected chi connectivity index (χ0v) is 13.3. The summed E-state index contributed by atoms with van der Waals surface area (Å²) in [5.74, 6) is 0.840. The third-order valence-electron chi connectivity index (χ3n) is 3.34. The molecule has 0 aliphatic heterocycles. The molecule has 0 amide bonds. The van der Waals surface area contributed by atoms with Crippen LogP contribution >= 0.6 is 11.8 Å². The summed E-state index contributed by atoms with van der Waals surface area (Å²) in [7, 11) is 1.66. The molecule has 0 aliphatic carbocycles. The van der Waals surface area contributed by atoms with Crippen molar-refractivity contribution in [3.05, 3.63) is 54.1 Å². The van der Waals surface area contributed by atoms with E-state index in [2.05, 4.69) is 35.4 Å². The molecule has 0 unspecified atom stereocenters. The van der Waals surface area contributed by atoms with Crippen molar-refractivity contribution in [2.45, 2.75) is 11.4 Å². The fourth-order valence-corrected chi connectivity index (χ4v) is 2.57. The number of benzene rings is 2. The van der Waals surface area contributed by atoms with Crippen molar-refractivity contribution in [3.8, 4) is 5.75 Å². The summed E-state index contributed by atoms with van der Waals surface area (Å²) in [5, 5.41) is 9.29. The summed E-state index contributed by atoms with van der Waals surface area (Å²) in [5.41, 5.74) is 2.32. The van der Waals surface area contributed by atoms with Crippen LogP contribution in [-0.4, -0.2) is 31.6 Å². The number of thioether (sulfide) groups is 1. The van der Waals surface area contributed by atoms with Gasteiger partial charge in [-0.3, -0.25) is 0 Å². The fourth-order valence-electron chi connectivity index (χ4n) is 2.16. The number of ether oxygens (including phenoxy) is 1. The molecule has 21 heavy (non-hydrogen) atoms. The molecular weight excluding hydrogens is 282 g/mol. The predicted molar refractivity (Wildman–Crippen MR) is 89.4 cm³/mol. The molecule has 2 aromatic carbocycles. The standard InChI is InChI=1S/C17H21NO2S/c1-20-16-7-5-15(6-8-16)18(11-12-19)13-14-3-9-17(21-2)10-4-14/h3-10,19H,11-13H2,1-2H3. The summed E-state index contributed by atoms with van der Waals surface area (Å²) in [6, 6.07) is 16.5. The Morgan fingerprint density at radius 2 is 1.71 bits per heavy atom. The van der Waals surface area contributed by atoms with Crippen LogP contribution in [0.25, 0.3) is 0 Å². The molecule has 0 saturated heterocycles. The van der Waals surface area contributed by atoms with Gasteiger partial charge in [0.2, 0.25) is 0 Å². The van der Waals surface area contributed by atoms with E-state index in [4.69, 9.17) is 4.74 Å². The monoisotopic (exact) mass is 303 g/mol. The van der Waals surface area contributed by atoms with Crippen molar-refractivity contribution >= 4 is 17.4 Å². The summed E-state index contributed by atoms with van der Waals surface area (Å²) in [4.78, 5) is 3.42. The van der Waals surface area contributed by atoms with Gasteiger partial charge < -0.3 is 14.7 Å². The lowest BCUT2D eigenvalue weighted by Crippen LogP contribution is -2.25. The number of hydrogen-bond acceptors (Lipinski definition) is 4. The van der Waals surface area contributed by atoms with E-state index >= 15 is 0 Å². The van der Waals surface area contributed by atoms with Gasteiger partial charge in [0.05, 0.1) is 13.7 Å². The summed E-state index contributed by atoms with van der Waals surface area (Å²) in [6.07, 6.45) is 2.07. The molecule has 3 nitrogen and oxygen atoms in total. The van der Waals surface area contributed by atoms with Gasteiger partial charge in [-0.1, -0.05) is 12.1 Å². The first-order chi connectivity index (χ1) is 10.3. The smallest absolute Gasteiger partial charge is 0.119 e. The first-order valence-corrected chi connectivity index (χ1v) is 8.12. The fraction of sp³-hybridized carbons (Fsp3) is 0.294. The maximum atomic E-state index is 9.29. The normalized spacial score (nSPS) is 10.4. The Morgan fingerprint density at radius 3 is 2.24 bits per heavy atom. The molecule has 0 fully saturated rings. The van der Waals surface area contributed by atoms with Crippen molar-refractivity contribution in [2.24, 2.45) is 0 Å². The molecule has 0 saturated carbocycles. The van der Waals surface area contributed by atoms with E-state index in [1.807, 2.05) is 24.3 Å². The highest BCUT2D eigenvalue weighted by atomic mass is 32.2. The molecule has 0 aliphatic rings. The second-order valence-corrected chi connectivity index (χ2v) is 5.57. The number of methoxy groups -OCH3 is 1. The number of rotatable bonds is 7. The van der Waals surface area contributed by atoms with E-state index < -0.39 is 0 Å². The van der Waals surface area contributed by atoms with Crippen molar-refractivity contribution in [3.63, 3.8) is 0 Å². The zero-order chi connectivity index (χ0) is 15.1. The Bertz CT molecular complexity index is 540. The summed E-state index contributed by atoms with van der Waals surface area (Å²) >= 11 is 1.74. The van der Waals surface area contributed by atoms with E-state index in [0.29, 0.717) is 6.54 Å². The minimum Gasteiger partial charge on any atom is -0.497 e. The topological polar surface area (TPSA) is 32.7 Å². The number of hydrogen-bond donors (Lipinski definition) is 1. The SMILES string of the molecule is COc1ccc(N(CCO)Cc2ccc(SC)cc2)cc1. The lowest BCUT2D eigenvalue weighted by Gasteiger charge is -2.24. The van der Waals surface area contributed by atoms with Gasteiger partial charge in [0.15, 0.2) is 0 Å². The second-order valence-electron chi connectivity index (χ2n) is 4.69. The highest BCUT2D eigenvalue weighted by Crippen LogP contribution is 2.22. The molecule has 112 valence electrons. The molecule has 0 heterocycles. The van der Waals surface area contributed by atoms with Gasteiger partial charge >= 0.3 is 0 Å². The quantitative estimate of drug-likeness (QED) is 0.795. The van der Waals surface area contributed by atoms with Crippen LogP contribution < -0.4 is 9.64 Å². The van der Waals surface area contributed by atoms with Crippen molar-refractivity contribution in [2.75, 3.05) is 31.4 Å². The molecule has 2 rings (SSSR count). The van der Waals surface area contributed by atoms with Crippen LogP contribution in [0.1, 0.15) is 5.56 Å². The van der Waals surface area contributed by atoms with Gasteiger partial charge in [-0.15, -0.1) is 11.8 Å². The largest absolute Gasteiger partial charge is 0.497 e. The Morgan fingerprint density at radius 1 is 1.05 bits per heavy atom. The Labute approximate surface area is 130 Å². The van der Waals surface area contributed by atoms with Crippen LogP contribution in [-0.2, 0) is 6.54 Å². The highest BCUT2D eigenvalue weighted by Gasteiger charge is 2.07. The van der Waals surface area contributed by atoms with Crippen LogP contribution in [0.3, 0.4) is 0 Å². The Hall–Kier alpha value is -1.65. The maximum absolute atomic E-state index is 9.29. The van der Waals surface area contributed by atoms with E-state index in [-0.39, 0.29) is 6.61 Å². The molecule has 0 bridgehead atoms. The van der Waals surface area contributed by atoms with Gasteiger partial charge in [0, 0.05) is 23.7 Å². The number of nitrogens with zero attached hydrogens (tertiary/aromatic N) is 1. The number of anilines is 1. The van der Waals surface area contributed by atoms with E-state index in [1.54, 1.807) is 18.9 Å². The molecule has 0 spiro atoms. The summed E-state index contributed by atoms with van der Waals surface area (Å²) in [6.45, 7) is 1.52. The third kappa shape index (κ3) is 4.41.